The SMILES string of the molecule is Oc1cccc(-c2ccc(F)c(F)c2)c1. The van der Waals surface area contributed by atoms with Gasteiger partial charge in [-0.1, -0.05) is 18.2 Å². The fourth-order valence-corrected chi connectivity index (χ4v) is 1.36. The first-order valence-corrected chi connectivity index (χ1v) is 4.41. The first-order valence-electron chi connectivity index (χ1n) is 4.41. The van der Waals surface area contributed by atoms with Crippen molar-refractivity contribution in [2.75, 3.05) is 0 Å². The van der Waals surface area contributed by atoms with Crippen LogP contribution in [0.4, 0.5) is 8.78 Å². The Kier molecular flexibility index (Phi) is 2.37. The molecule has 1 N–H and O–H groups in total. The first kappa shape index (κ1) is 9.65. The Labute approximate surface area is 85.6 Å². The van der Waals surface area contributed by atoms with Gasteiger partial charge in [0.1, 0.15) is 5.75 Å². The zero-order valence-electron chi connectivity index (χ0n) is 7.74. The van der Waals surface area contributed by atoms with Crippen molar-refractivity contribution < 1.29 is 13.9 Å². The van der Waals surface area contributed by atoms with E-state index in [4.69, 9.17) is 0 Å². The van der Waals surface area contributed by atoms with Gasteiger partial charge in [-0.3, -0.25) is 0 Å². The highest BCUT2D eigenvalue weighted by Crippen LogP contribution is 2.24. The van der Waals surface area contributed by atoms with Crippen molar-refractivity contribution in [3.05, 3.63) is 54.1 Å². The van der Waals surface area contributed by atoms with Gasteiger partial charge in [0.2, 0.25) is 0 Å². The van der Waals surface area contributed by atoms with E-state index in [-0.39, 0.29) is 5.75 Å². The van der Waals surface area contributed by atoms with Gasteiger partial charge in [0.25, 0.3) is 0 Å². The summed E-state index contributed by atoms with van der Waals surface area (Å²) >= 11 is 0. The fourth-order valence-electron chi connectivity index (χ4n) is 1.36. The average Bonchev–Trinajstić information content (AvgIpc) is 2.22. The molecule has 0 heterocycles. The summed E-state index contributed by atoms with van der Waals surface area (Å²) in [6.07, 6.45) is 0. The van der Waals surface area contributed by atoms with Crippen LogP contribution in [0.5, 0.6) is 5.75 Å². The number of halogens is 2. The van der Waals surface area contributed by atoms with E-state index >= 15 is 0 Å². The minimum Gasteiger partial charge on any atom is -0.508 e. The van der Waals surface area contributed by atoms with E-state index in [0.717, 1.165) is 12.1 Å². The molecule has 2 aromatic carbocycles. The van der Waals surface area contributed by atoms with E-state index < -0.39 is 11.6 Å². The highest BCUT2D eigenvalue weighted by atomic mass is 19.2. The number of hydrogen-bond donors (Lipinski definition) is 1. The standard InChI is InChI=1S/C12H8F2O/c13-11-5-4-9(7-12(11)14)8-2-1-3-10(15)6-8/h1-7,15H. The minimum absolute atomic E-state index is 0.0947. The third-order valence-corrected chi connectivity index (χ3v) is 2.10. The number of phenols is 1. The van der Waals surface area contributed by atoms with Crippen LogP contribution in [0.25, 0.3) is 11.1 Å². The first-order chi connectivity index (χ1) is 7.16. The second-order valence-electron chi connectivity index (χ2n) is 3.18. The molecule has 1 nitrogen and oxygen atoms in total. The lowest BCUT2D eigenvalue weighted by Gasteiger charge is -2.02. The van der Waals surface area contributed by atoms with Crippen LogP contribution >= 0.6 is 0 Å². The topological polar surface area (TPSA) is 20.2 Å². The van der Waals surface area contributed by atoms with Crippen molar-refractivity contribution in [3.63, 3.8) is 0 Å². The molecule has 0 saturated heterocycles. The van der Waals surface area contributed by atoms with Crippen molar-refractivity contribution in [3.8, 4) is 16.9 Å². The number of aromatic hydroxyl groups is 1. The van der Waals surface area contributed by atoms with E-state index in [2.05, 4.69) is 0 Å². The maximum Gasteiger partial charge on any atom is 0.159 e. The summed E-state index contributed by atoms with van der Waals surface area (Å²) in [6.45, 7) is 0. The second kappa shape index (κ2) is 3.69. The van der Waals surface area contributed by atoms with Gasteiger partial charge in [0.05, 0.1) is 0 Å². The Bertz CT molecular complexity index is 495. The molecule has 0 aliphatic heterocycles. The molecule has 2 rings (SSSR count). The van der Waals surface area contributed by atoms with E-state index in [1.807, 2.05) is 0 Å². The average molecular weight is 206 g/mol. The summed E-state index contributed by atoms with van der Waals surface area (Å²) in [5, 5.41) is 9.23. The van der Waals surface area contributed by atoms with Crippen LogP contribution in [0, 0.1) is 11.6 Å². The summed E-state index contributed by atoms with van der Waals surface area (Å²) in [5.41, 5.74) is 1.18. The number of rotatable bonds is 1. The Morgan fingerprint density at radius 2 is 1.53 bits per heavy atom. The van der Waals surface area contributed by atoms with E-state index in [9.17, 15) is 13.9 Å². The lowest BCUT2D eigenvalue weighted by Crippen LogP contribution is -1.85. The molecule has 0 amide bonds. The molecule has 3 heteroatoms. The Morgan fingerprint density at radius 1 is 0.800 bits per heavy atom. The predicted molar refractivity (Wildman–Crippen MR) is 53.5 cm³/mol. The Hall–Kier alpha value is -1.90. The summed E-state index contributed by atoms with van der Waals surface area (Å²) in [4.78, 5) is 0. The van der Waals surface area contributed by atoms with Crippen molar-refractivity contribution >= 4 is 0 Å². The maximum absolute atomic E-state index is 12.9. The summed E-state index contributed by atoms with van der Waals surface area (Å²) in [7, 11) is 0. The van der Waals surface area contributed by atoms with Gasteiger partial charge in [0.15, 0.2) is 11.6 Å². The van der Waals surface area contributed by atoms with E-state index in [0.29, 0.717) is 11.1 Å². The van der Waals surface area contributed by atoms with E-state index in [1.54, 1.807) is 12.1 Å². The third-order valence-electron chi connectivity index (χ3n) is 2.10. The monoisotopic (exact) mass is 206 g/mol. The summed E-state index contributed by atoms with van der Waals surface area (Å²) in [6, 6.07) is 10.0. The molecule has 0 bridgehead atoms. The molecule has 0 atom stereocenters. The normalized spacial score (nSPS) is 10.3. The fraction of sp³-hybridized carbons (Fsp3) is 0. The molecule has 0 radical (unpaired) electrons. The van der Waals surface area contributed by atoms with Gasteiger partial charge in [-0.2, -0.15) is 0 Å². The van der Waals surface area contributed by atoms with Gasteiger partial charge in [-0.25, -0.2) is 8.78 Å². The zero-order valence-corrected chi connectivity index (χ0v) is 7.74. The van der Waals surface area contributed by atoms with Crippen molar-refractivity contribution in [2.45, 2.75) is 0 Å². The van der Waals surface area contributed by atoms with Crippen LogP contribution in [-0.2, 0) is 0 Å². The number of hydrogen-bond acceptors (Lipinski definition) is 1. The third kappa shape index (κ3) is 1.96. The van der Waals surface area contributed by atoms with Gasteiger partial charge in [-0.05, 0) is 35.4 Å². The molecule has 0 unspecified atom stereocenters. The van der Waals surface area contributed by atoms with E-state index in [1.165, 1.54) is 18.2 Å². The number of phenolic OH excluding ortho intramolecular Hbond substituents is 1. The molecule has 2 aromatic rings. The highest BCUT2D eigenvalue weighted by Gasteiger charge is 2.04. The molecular formula is C12H8F2O. The molecule has 0 aliphatic rings. The van der Waals surface area contributed by atoms with Crippen LogP contribution < -0.4 is 0 Å². The summed E-state index contributed by atoms with van der Waals surface area (Å²) in [5.74, 6) is -1.67. The van der Waals surface area contributed by atoms with Crippen LogP contribution in [0.15, 0.2) is 42.5 Å². The minimum atomic E-state index is -0.893. The Balaban J connectivity index is 2.50. The van der Waals surface area contributed by atoms with Gasteiger partial charge >= 0.3 is 0 Å². The van der Waals surface area contributed by atoms with Crippen LogP contribution in [0.2, 0.25) is 0 Å². The van der Waals surface area contributed by atoms with Gasteiger partial charge < -0.3 is 5.11 Å². The maximum atomic E-state index is 12.9. The zero-order chi connectivity index (χ0) is 10.8. The molecule has 76 valence electrons. The number of benzene rings is 2. The van der Waals surface area contributed by atoms with Crippen LogP contribution in [0.3, 0.4) is 0 Å². The molecule has 0 saturated carbocycles. The van der Waals surface area contributed by atoms with Crippen LogP contribution in [0.1, 0.15) is 0 Å². The highest BCUT2D eigenvalue weighted by molar-refractivity contribution is 5.64. The van der Waals surface area contributed by atoms with Gasteiger partial charge in [0, 0.05) is 0 Å². The quantitative estimate of drug-likeness (QED) is 0.758. The largest absolute Gasteiger partial charge is 0.508 e. The van der Waals surface area contributed by atoms with Crippen molar-refractivity contribution in [1.29, 1.82) is 0 Å². The van der Waals surface area contributed by atoms with Crippen molar-refractivity contribution in [1.82, 2.24) is 0 Å². The van der Waals surface area contributed by atoms with Crippen LogP contribution in [-0.4, -0.2) is 5.11 Å². The van der Waals surface area contributed by atoms with Gasteiger partial charge in [-0.15, -0.1) is 0 Å². The predicted octanol–water partition coefficient (Wildman–Crippen LogP) is 3.34. The lowest BCUT2D eigenvalue weighted by molar-refractivity contribution is 0.475. The molecular weight excluding hydrogens is 198 g/mol. The molecule has 0 aromatic heterocycles. The Morgan fingerprint density at radius 3 is 2.20 bits per heavy atom. The second-order valence-corrected chi connectivity index (χ2v) is 3.18. The molecule has 0 spiro atoms. The van der Waals surface area contributed by atoms with Crippen molar-refractivity contribution in [2.24, 2.45) is 0 Å². The smallest absolute Gasteiger partial charge is 0.159 e. The molecule has 0 fully saturated rings. The summed E-state index contributed by atoms with van der Waals surface area (Å²) < 4.78 is 25.6. The lowest BCUT2D eigenvalue weighted by atomic mass is 10.1. The molecule has 15 heavy (non-hydrogen) atoms. The molecule has 0 aliphatic carbocycles.